The Hall–Kier alpha value is -3.14. The number of hydrogen-bond acceptors (Lipinski definition) is 2. The van der Waals surface area contributed by atoms with Gasteiger partial charge in [0.05, 0.1) is 11.7 Å². The van der Waals surface area contributed by atoms with Crippen LogP contribution in [0.4, 0.5) is 5.69 Å². The number of carbonyl (C=O) groups excluding carboxylic acids is 2. The number of carbonyl (C=O) groups is 2. The van der Waals surface area contributed by atoms with E-state index in [9.17, 15) is 9.59 Å². The van der Waals surface area contributed by atoms with Crippen molar-refractivity contribution in [1.82, 2.24) is 5.32 Å². The zero-order valence-electron chi connectivity index (χ0n) is 17.6. The predicted octanol–water partition coefficient (Wildman–Crippen LogP) is 5.48. The van der Waals surface area contributed by atoms with E-state index in [4.69, 9.17) is 0 Å². The van der Waals surface area contributed by atoms with Crippen molar-refractivity contribution < 1.29 is 9.59 Å². The molecule has 3 aromatic rings. The van der Waals surface area contributed by atoms with Crippen LogP contribution in [0.2, 0.25) is 0 Å². The van der Waals surface area contributed by atoms with Crippen molar-refractivity contribution in [2.24, 2.45) is 5.92 Å². The van der Waals surface area contributed by atoms with Gasteiger partial charge in [0.25, 0.3) is 5.91 Å². The third-order valence-corrected chi connectivity index (χ3v) is 5.68. The summed E-state index contributed by atoms with van der Waals surface area (Å²) >= 11 is 0. The zero-order chi connectivity index (χ0) is 21.1. The lowest BCUT2D eigenvalue weighted by Gasteiger charge is -2.22. The van der Waals surface area contributed by atoms with Crippen molar-refractivity contribution >= 4 is 28.3 Å². The Balaban J connectivity index is 1.38. The van der Waals surface area contributed by atoms with Gasteiger partial charge in [-0.1, -0.05) is 68.4 Å². The van der Waals surface area contributed by atoms with Crippen molar-refractivity contribution in [3.8, 4) is 0 Å². The van der Waals surface area contributed by atoms with Crippen LogP contribution >= 0.6 is 0 Å². The van der Waals surface area contributed by atoms with Gasteiger partial charge in [-0.2, -0.15) is 0 Å². The molecular weight excluding hydrogens is 372 g/mol. The molecule has 1 aliphatic heterocycles. The van der Waals surface area contributed by atoms with E-state index in [0.29, 0.717) is 25.3 Å². The SMILES string of the molecule is CC(C)C[C@@H](NC(=O)CCCN1C(=O)c2cccc3cccc1c23)c1ccccc1. The maximum Gasteiger partial charge on any atom is 0.258 e. The quantitative estimate of drug-likeness (QED) is 0.544. The number of amides is 2. The van der Waals surface area contributed by atoms with Crippen LogP contribution in [0.3, 0.4) is 0 Å². The largest absolute Gasteiger partial charge is 0.349 e. The minimum Gasteiger partial charge on any atom is -0.349 e. The summed E-state index contributed by atoms with van der Waals surface area (Å²) in [4.78, 5) is 27.3. The minimum atomic E-state index is 0.0186. The van der Waals surface area contributed by atoms with Gasteiger partial charge in [0.15, 0.2) is 0 Å². The van der Waals surface area contributed by atoms with Gasteiger partial charge in [0, 0.05) is 23.9 Å². The van der Waals surface area contributed by atoms with E-state index in [1.54, 1.807) is 0 Å². The molecule has 4 rings (SSSR count). The van der Waals surface area contributed by atoms with Crippen LogP contribution in [0.25, 0.3) is 10.8 Å². The van der Waals surface area contributed by atoms with E-state index in [1.165, 1.54) is 0 Å². The first-order chi connectivity index (χ1) is 14.5. The average molecular weight is 401 g/mol. The maximum atomic E-state index is 12.9. The van der Waals surface area contributed by atoms with Crippen LogP contribution in [0.15, 0.2) is 66.7 Å². The molecule has 0 spiro atoms. The van der Waals surface area contributed by atoms with E-state index >= 15 is 0 Å². The van der Waals surface area contributed by atoms with Gasteiger partial charge in [-0.25, -0.2) is 0 Å². The fourth-order valence-electron chi connectivity index (χ4n) is 4.30. The Morgan fingerprint density at radius 2 is 1.70 bits per heavy atom. The molecule has 0 aliphatic carbocycles. The van der Waals surface area contributed by atoms with Crippen LogP contribution in [-0.2, 0) is 4.79 Å². The van der Waals surface area contributed by atoms with Crippen molar-refractivity contribution in [1.29, 1.82) is 0 Å². The van der Waals surface area contributed by atoms with E-state index < -0.39 is 0 Å². The molecule has 0 bridgehead atoms. The van der Waals surface area contributed by atoms with E-state index in [2.05, 4.69) is 31.3 Å². The molecule has 0 radical (unpaired) electrons. The molecule has 154 valence electrons. The number of rotatable bonds is 8. The second kappa shape index (κ2) is 8.70. The third kappa shape index (κ3) is 4.09. The van der Waals surface area contributed by atoms with E-state index in [-0.39, 0.29) is 17.9 Å². The van der Waals surface area contributed by atoms with Gasteiger partial charge in [0.1, 0.15) is 0 Å². The van der Waals surface area contributed by atoms with Gasteiger partial charge in [-0.05, 0) is 41.8 Å². The number of nitrogens with zero attached hydrogens (tertiary/aromatic N) is 1. The highest BCUT2D eigenvalue weighted by atomic mass is 16.2. The number of hydrogen-bond donors (Lipinski definition) is 1. The molecule has 0 saturated heterocycles. The fourth-order valence-corrected chi connectivity index (χ4v) is 4.30. The molecule has 1 N–H and O–H groups in total. The van der Waals surface area contributed by atoms with Crippen LogP contribution in [-0.4, -0.2) is 18.4 Å². The number of nitrogens with one attached hydrogen (secondary N) is 1. The van der Waals surface area contributed by atoms with Gasteiger partial charge in [-0.3, -0.25) is 9.59 Å². The standard InChI is InChI=1S/C26H28N2O2/c1-18(2)17-22(19-9-4-3-5-10-19)27-24(29)15-8-16-28-23-14-7-12-20-11-6-13-21(25(20)23)26(28)30/h3-7,9-14,18,22H,8,15-17H2,1-2H3,(H,27,29)/t22-/m1/s1. The van der Waals surface area contributed by atoms with Crippen LogP contribution in [0.1, 0.15) is 55.1 Å². The smallest absolute Gasteiger partial charge is 0.258 e. The first-order valence-electron chi connectivity index (χ1n) is 10.7. The summed E-state index contributed by atoms with van der Waals surface area (Å²) in [5.74, 6) is 0.549. The first-order valence-corrected chi connectivity index (χ1v) is 10.7. The minimum absolute atomic E-state index is 0.0186. The Morgan fingerprint density at radius 3 is 2.43 bits per heavy atom. The Bertz CT molecular complexity index is 1050. The van der Waals surface area contributed by atoms with Crippen LogP contribution < -0.4 is 10.2 Å². The second-order valence-corrected chi connectivity index (χ2v) is 8.40. The molecule has 4 heteroatoms. The highest BCUT2D eigenvalue weighted by Gasteiger charge is 2.29. The lowest BCUT2D eigenvalue weighted by atomic mass is 9.97. The zero-order valence-corrected chi connectivity index (χ0v) is 17.6. The van der Waals surface area contributed by atoms with Gasteiger partial charge < -0.3 is 10.2 Å². The molecule has 1 heterocycles. The monoisotopic (exact) mass is 400 g/mol. The molecular formula is C26H28N2O2. The molecule has 4 nitrogen and oxygen atoms in total. The van der Waals surface area contributed by atoms with Gasteiger partial charge >= 0.3 is 0 Å². The molecule has 0 aromatic heterocycles. The second-order valence-electron chi connectivity index (χ2n) is 8.40. The van der Waals surface area contributed by atoms with Crippen molar-refractivity contribution in [3.63, 3.8) is 0 Å². The molecule has 3 aromatic carbocycles. The molecule has 1 aliphatic rings. The maximum absolute atomic E-state index is 12.9. The summed E-state index contributed by atoms with van der Waals surface area (Å²) in [5.41, 5.74) is 2.85. The van der Waals surface area contributed by atoms with Crippen molar-refractivity contribution in [2.45, 2.75) is 39.2 Å². The average Bonchev–Trinajstić information content (AvgIpc) is 3.02. The van der Waals surface area contributed by atoms with Crippen LogP contribution in [0, 0.1) is 5.92 Å². The Kier molecular flexibility index (Phi) is 5.84. The molecule has 30 heavy (non-hydrogen) atoms. The van der Waals surface area contributed by atoms with Crippen LogP contribution in [0.5, 0.6) is 0 Å². The first kappa shape index (κ1) is 20.1. The van der Waals surface area contributed by atoms with E-state index in [1.807, 2.05) is 59.5 Å². The van der Waals surface area contributed by atoms with Crippen molar-refractivity contribution in [2.75, 3.05) is 11.4 Å². The summed E-state index contributed by atoms with van der Waals surface area (Å²) in [6.07, 6.45) is 1.93. The topological polar surface area (TPSA) is 49.4 Å². The summed E-state index contributed by atoms with van der Waals surface area (Å²) in [6.45, 7) is 4.87. The van der Waals surface area contributed by atoms with Gasteiger partial charge in [-0.15, -0.1) is 0 Å². The fraction of sp³-hybridized carbons (Fsp3) is 0.308. The van der Waals surface area contributed by atoms with E-state index in [0.717, 1.165) is 34.0 Å². The Morgan fingerprint density at radius 1 is 0.967 bits per heavy atom. The molecule has 1 atom stereocenters. The summed E-state index contributed by atoms with van der Waals surface area (Å²) in [7, 11) is 0. The number of anilines is 1. The Labute approximate surface area is 177 Å². The molecule has 2 amide bonds. The molecule has 0 saturated carbocycles. The highest BCUT2D eigenvalue weighted by Crippen LogP contribution is 2.37. The summed E-state index contributed by atoms with van der Waals surface area (Å²) in [5, 5.41) is 5.30. The van der Waals surface area contributed by atoms with Crippen molar-refractivity contribution in [3.05, 3.63) is 77.9 Å². The molecule has 0 unspecified atom stereocenters. The lowest BCUT2D eigenvalue weighted by Crippen LogP contribution is -2.32. The third-order valence-electron chi connectivity index (χ3n) is 5.68. The van der Waals surface area contributed by atoms with Gasteiger partial charge in [0.2, 0.25) is 5.91 Å². The predicted molar refractivity (Wildman–Crippen MR) is 122 cm³/mol. The summed E-state index contributed by atoms with van der Waals surface area (Å²) in [6, 6.07) is 22.0. The molecule has 0 fully saturated rings. The highest BCUT2D eigenvalue weighted by molar-refractivity contribution is 6.25. The lowest BCUT2D eigenvalue weighted by molar-refractivity contribution is -0.122. The summed E-state index contributed by atoms with van der Waals surface area (Å²) < 4.78 is 0. The normalized spacial score (nSPS) is 13.8. The number of benzene rings is 3.